The SMILES string of the molecule is C=CCOC(=O)c1cc(NC)ccc1N1CCCC[C@@H]1C. The van der Waals surface area contributed by atoms with Gasteiger partial charge in [0.2, 0.25) is 0 Å². The monoisotopic (exact) mass is 288 g/mol. The second-order valence-electron chi connectivity index (χ2n) is 5.41. The summed E-state index contributed by atoms with van der Waals surface area (Å²) in [6, 6.07) is 6.33. The molecule has 1 atom stereocenters. The van der Waals surface area contributed by atoms with Crippen LogP contribution in [0, 0.1) is 0 Å². The van der Waals surface area contributed by atoms with E-state index in [4.69, 9.17) is 4.74 Å². The van der Waals surface area contributed by atoms with Crippen molar-refractivity contribution >= 4 is 17.3 Å². The van der Waals surface area contributed by atoms with Crippen LogP contribution in [0.25, 0.3) is 0 Å². The topological polar surface area (TPSA) is 41.6 Å². The van der Waals surface area contributed by atoms with Gasteiger partial charge in [0.15, 0.2) is 0 Å². The van der Waals surface area contributed by atoms with Gasteiger partial charge in [0.05, 0.1) is 11.3 Å². The van der Waals surface area contributed by atoms with Gasteiger partial charge in [-0.25, -0.2) is 4.79 Å². The van der Waals surface area contributed by atoms with Gasteiger partial charge in [0.1, 0.15) is 6.61 Å². The van der Waals surface area contributed by atoms with Crippen molar-refractivity contribution < 1.29 is 9.53 Å². The molecule has 0 bridgehead atoms. The zero-order valence-corrected chi connectivity index (χ0v) is 12.9. The molecule has 0 aliphatic carbocycles. The van der Waals surface area contributed by atoms with Gasteiger partial charge < -0.3 is 15.0 Å². The molecule has 1 fully saturated rings. The van der Waals surface area contributed by atoms with Crippen molar-refractivity contribution in [3.8, 4) is 0 Å². The standard InChI is InChI=1S/C17H24N2O2/c1-4-11-21-17(20)15-12-14(18-3)8-9-16(15)19-10-6-5-7-13(19)2/h4,8-9,12-13,18H,1,5-7,10-11H2,2-3H3/t13-/m0/s1. The molecule has 1 saturated heterocycles. The maximum Gasteiger partial charge on any atom is 0.340 e. The molecular formula is C17H24N2O2. The summed E-state index contributed by atoms with van der Waals surface area (Å²) in [6.45, 7) is 7.02. The van der Waals surface area contributed by atoms with Crippen molar-refractivity contribution in [1.29, 1.82) is 0 Å². The first-order valence-corrected chi connectivity index (χ1v) is 7.54. The van der Waals surface area contributed by atoms with E-state index in [1.165, 1.54) is 12.8 Å². The quantitative estimate of drug-likeness (QED) is 0.665. The van der Waals surface area contributed by atoms with Crippen molar-refractivity contribution in [2.24, 2.45) is 0 Å². The number of esters is 1. The van der Waals surface area contributed by atoms with E-state index in [0.717, 1.165) is 24.3 Å². The van der Waals surface area contributed by atoms with Crippen LogP contribution in [-0.4, -0.2) is 32.2 Å². The molecule has 0 radical (unpaired) electrons. The number of piperidine rings is 1. The number of rotatable bonds is 5. The van der Waals surface area contributed by atoms with E-state index in [0.29, 0.717) is 11.6 Å². The molecule has 1 aromatic carbocycles. The number of benzene rings is 1. The summed E-state index contributed by atoms with van der Waals surface area (Å²) in [5.74, 6) is -0.292. The number of nitrogens with one attached hydrogen (secondary N) is 1. The normalized spacial score (nSPS) is 18.2. The summed E-state index contributed by atoms with van der Waals surface area (Å²) in [7, 11) is 1.84. The third-order valence-electron chi connectivity index (χ3n) is 3.95. The lowest BCUT2D eigenvalue weighted by Gasteiger charge is -2.36. The Hall–Kier alpha value is -1.97. The van der Waals surface area contributed by atoms with E-state index in [1.54, 1.807) is 6.08 Å². The lowest BCUT2D eigenvalue weighted by Crippen LogP contribution is -2.38. The number of hydrogen-bond acceptors (Lipinski definition) is 4. The van der Waals surface area contributed by atoms with Crippen LogP contribution in [0.4, 0.5) is 11.4 Å². The molecule has 2 rings (SSSR count). The average Bonchev–Trinajstić information content (AvgIpc) is 2.52. The Morgan fingerprint density at radius 1 is 1.52 bits per heavy atom. The molecule has 0 aromatic heterocycles. The maximum absolute atomic E-state index is 12.3. The summed E-state index contributed by atoms with van der Waals surface area (Å²) >= 11 is 0. The summed E-state index contributed by atoms with van der Waals surface area (Å²) in [5, 5.41) is 3.07. The van der Waals surface area contributed by atoms with Crippen molar-refractivity contribution in [2.75, 3.05) is 30.4 Å². The maximum atomic E-state index is 12.3. The smallest absolute Gasteiger partial charge is 0.340 e. The highest BCUT2D eigenvalue weighted by atomic mass is 16.5. The first kappa shape index (κ1) is 15.4. The first-order chi connectivity index (χ1) is 10.2. The first-order valence-electron chi connectivity index (χ1n) is 7.54. The lowest BCUT2D eigenvalue weighted by atomic mass is 10.0. The Balaban J connectivity index is 2.34. The second kappa shape index (κ2) is 7.16. The molecule has 1 aliphatic heterocycles. The van der Waals surface area contributed by atoms with Crippen LogP contribution in [0.15, 0.2) is 30.9 Å². The molecular weight excluding hydrogens is 264 g/mol. The molecule has 21 heavy (non-hydrogen) atoms. The van der Waals surface area contributed by atoms with Crippen LogP contribution in [0.1, 0.15) is 36.5 Å². The van der Waals surface area contributed by atoms with Gasteiger partial charge in [0.25, 0.3) is 0 Å². The van der Waals surface area contributed by atoms with E-state index in [-0.39, 0.29) is 12.6 Å². The molecule has 1 N–H and O–H groups in total. The number of anilines is 2. The largest absolute Gasteiger partial charge is 0.458 e. The molecule has 0 spiro atoms. The van der Waals surface area contributed by atoms with Gasteiger partial charge in [-0.05, 0) is 44.4 Å². The fourth-order valence-electron chi connectivity index (χ4n) is 2.77. The Morgan fingerprint density at radius 3 is 3.00 bits per heavy atom. The van der Waals surface area contributed by atoms with Gasteiger partial charge in [0, 0.05) is 25.3 Å². The van der Waals surface area contributed by atoms with E-state index < -0.39 is 0 Å². The third kappa shape index (κ3) is 3.57. The minimum atomic E-state index is -0.292. The highest BCUT2D eigenvalue weighted by Crippen LogP contribution is 2.30. The number of ether oxygens (including phenoxy) is 1. The average molecular weight is 288 g/mol. The Morgan fingerprint density at radius 2 is 2.33 bits per heavy atom. The van der Waals surface area contributed by atoms with Gasteiger partial charge in [-0.15, -0.1) is 0 Å². The highest BCUT2D eigenvalue weighted by Gasteiger charge is 2.24. The van der Waals surface area contributed by atoms with Crippen LogP contribution < -0.4 is 10.2 Å². The van der Waals surface area contributed by atoms with Crippen molar-refractivity contribution in [2.45, 2.75) is 32.2 Å². The van der Waals surface area contributed by atoms with E-state index in [9.17, 15) is 4.79 Å². The molecule has 0 saturated carbocycles. The van der Waals surface area contributed by atoms with Crippen molar-refractivity contribution in [3.05, 3.63) is 36.4 Å². The Labute approximate surface area is 126 Å². The van der Waals surface area contributed by atoms with E-state index in [1.807, 2.05) is 25.2 Å². The summed E-state index contributed by atoms with van der Waals surface area (Å²) in [5.41, 5.74) is 2.50. The molecule has 0 amide bonds. The molecule has 0 unspecified atom stereocenters. The van der Waals surface area contributed by atoms with Crippen LogP contribution >= 0.6 is 0 Å². The summed E-state index contributed by atoms with van der Waals surface area (Å²) < 4.78 is 5.23. The zero-order chi connectivity index (χ0) is 15.2. The van der Waals surface area contributed by atoms with Gasteiger partial charge >= 0.3 is 5.97 Å². The van der Waals surface area contributed by atoms with E-state index >= 15 is 0 Å². The minimum Gasteiger partial charge on any atom is -0.458 e. The van der Waals surface area contributed by atoms with E-state index in [2.05, 4.69) is 23.7 Å². The summed E-state index contributed by atoms with van der Waals surface area (Å²) in [6.07, 6.45) is 5.17. The Bertz CT molecular complexity index is 514. The molecule has 1 heterocycles. The van der Waals surface area contributed by atoms with Crippen LogP contribution in [0.5, 0.6) is 0 Å². The fraction of sp³-hybridized carbons (Fsp3) is 0.471. The third-order valence-corrected chi connectivity index (χ3v) is 3.95. The molecule has 4 heteroatoms. The van der Waals surface area contributed by atoms with Gasteiger partial charge in [-0.3, -0.25) is 0 Å². The number of nitrogens with zero attached hydrogens (tertiary/aromatic N) is 1. The molecule has 114 valence electrons. The molecule has 1 aromatic rings. The lowest BCUT2D eigenvalue weighted by molar-refractivity contribution is 0.0550. The van der Waals surface area contributed by atoms with Gasteiger partial charge in [-0.1, -0.05) is 12.7 Å². The Kier molecular flexibility index (Phi) is 5.26. The zero-order valence-electron chi connectivity index (χ0n) is 12.9. The predicted octanol–water partition coefficient (Wildman–Crippen LogP) is 3.45. The second-order valence-corrected chi connectivity index (χ2v) is 5.41. The van der Waals surface area contributed by atoms with Crippen LogP contribution in [-0.2, 0) is 4.74 Å². The summed E-state index contributed by atoms with van der Waals surface area (Å²) in [4.78, 5) is 14.6. The van der Waals surface area contributed by atoms with Crippen LogP contribution in [0.2, 0.25) is 0 Å². The van der Waals surface area contributed by atoms with Crippen LogP contribution in [0.3, 0.4) is 0 Å². The minimum absolute atomic E-state index is 0.234. The molecule has 1 aliphatic rings. The number of carbonyl (C=O) groups is 1. The highest BCUT2D eigenvalue weighted by molar-refractivity contribution is 5.97. The number of hydrogen-bond donors (Lipinski definition) is 1. The predicted molar refractivity (Wildman–Crippen MR) is 87.1 cm³/mol. The fourth-order valence-corrected chi connectivity index (χ4v) is 2.77. The van der Waals surface area contributed by atoms with Gasteiger partial charge in [-0.2, -0.15) is 0 Å². The van der Waals surface area contributed by atoms with Crippen molar-refractivity contribution in [3.63, 3.8) is 0 Å². The molecule has 4 nitrogen and oxygen atoms in total. The number of carbonyl (C=O) groups excluding carboxylic acids is 1. The van der Waals surface area contributed by atoms with Crippen molar-refractivity contribution in [1.82, 2.24) is 0 Å².